The van der Waals surface area contributed by atoms with E-state index in [0.717, 1.165) is 31.2 Å². The third-order valence-electron chi connectivity index (χ3n) is 3.61. The number of rotatable bonds is 7. The molecular weight excluding hydrogens is 238 g/mol. The van der Waals surface area contributed by atoms with Gasteiger partial charge in [0.1, 0.15) is 5.69 Å². The van der Waals surface area contributed by atoms with Crippen molar-refractivity contribution in [1.29, 1.82) is 0 Å². The normalized spacial score (nSPS) is 14.2. The summed E-state index contributed by atoms with van der Waals surface area (Å²) in [7, 11) is 0. The molecule has 1 saturated carbocycles. The monoisotopic (exact) mass is 261 g/mol. The Kier molecular flexibility index (Phi) is 4.77. The maximum atomic E-state index is 12.2. The number of nitrogens with one attached hydrogen (secondary N) is 1. The number of aromatic nitrogens is 1. The zero-order valence-electron chi connectivity index (χ0n) is 11.9. The first-order valence-electron chi connectivity index (χ1n) is 7.23. The highest BCUT2D eigenvalue weighted by Gasteiger charge is 2.20. The van der Waals surface area contributed by atoms with Crippen molar-refractivity contribution < 1.29 is 4.79 Å². The zero-order chi connectivity index (χ0) is 13.7. The smallest absolute Gasteiger partial charge is 0.272 e. The van der Waals surface area contributed by atoms with E-state index in [0.29, 0.717) is 5.69 Å². The molecule has 0 atom stereocenters. The summed E-state index contributed by atoms with van der Waals surface area (Å²) in [5, 5.41) is 3.38. The fourth-order valence-electron chi connectivity index (χ4n) is 2.16. The molecule has 1 fully saturated rings. The number of carbonyl (C=O) groups is 1. The largest absolute Gasteiger partial charge is 0.385 e. The van der Waals surface area contributed by atoms with Crippen LogP contribution < -0.4 is 5.32 Å². The fraction of sp³-hybridized carbons (Fsp3) is 0.600. The predicted octanol–water partition coefficient (Wildman–Crippen LogP) is 2.78. The Morgan fingerprint density at radius 3 is 2.79 bits per heavy atom. The minimum atomic E-state index is 0.0100. The lowest BCUT2D eigenvalue weighted by Gasteiger charge is -2.18. The van der Waals surface area contributed by atoms with Crippen molar-refractivity contribution in [2.45, 2.75) is 33.1 Å². The molecule has 1 aliphatic rings. The molecule has 19 heavy (non-hydrogen) atoms. The Morgan fingerprint density at radius 1 is 1.42 bits per heavy atom. The molecule has 0 radical (unpaired) electrons. The van der Waals surface area contributed by atoms with Gasteiger partial charge in [0, 0.05) is 31.5 Å². The summed E-state index contributed by atoms with van der Waals surface area (Å²) in [4.78, 5) is 18.2. The number of hydrogen-bond donors (Lipinski definition) is 1. The van der Waals surface area contributed by atoms with Gasteiger partial charge in [0.2, 0.25) is 0 Å². The first-order valence-corrected chi connectivity index (χ1v) is 7.23. The van der Waals surface area contributed by atoms with Crippen LogP contribution in [0.25, 0.3) is 0 Å². The lowest BCUT2D eigenvalue weighted by atomic mass is 10.2. The molecule has 0 bridgehead atoms. The number of pyridine rings is 1. The van der Waals surface area contributed by atoms with E-state index >= 15 is 0 Å². The SMILES string of the molecule is CCN(CC)C(=O)c1cc(NCCC2CC2)ccn1. The number of amides is 1. The molecule has 1 heterocycles. The molecule has 0 aromatic carbocycles. The summed E-state index contributed by atoms with van der Waals surface area (Å²) >= 11 is 0. The molecule has 0 aliphatic heterocycles. The lowest BCUT2D eigenvalue weighted by molar-refractivity contribution is 0.0767. The van der Waals surface area contributed by atoms with Crippen LogP contribution in [0.2, 0.25) is 0 Å². The van der Waals surface area contributed by atoms with Crippen LogP contribution in [-0.4, -0.2) is 35.4 Å². The Bertz CT molecular complexity index is 425. The van der Waals surface area contributed by atoms with E-state index < -0.39 is 0 Å². The van der Waals surface area contributed by atoms with E-state index in [4.69, 9.17) is 0 Å². The van der Waals surface area contributed by atoms with Crippen molar-refractivity contribution in [1.82, 2.24) is 9.88 Å². The first kappa shape index (κ1) is 13.8. The second-order valence-corrected chi connectivity index (χ2v) is 5.07. The molecule has 0 saturated heterocycles. The highest BCUT2D eigenvalue weighted by molar-refractivity contribution is 5.93. The van der Waals surface area contributed by atoms with Crippen molar-refractivity contribution in [2.75, 3.05) is 25.0 Å². The maximum absolute atomic E-state index is 12.2. The Balaban J connectivity index is 1.94. The van der Waals surface area contributed by atoms with Crippen LogP contribution >= 0.6 is 0 Å². The molecule has 4 heteroatoms. The fourth-order valence-corrected chi connectivity index (χ4v) is 2.16. The molecule has 1 aromatic rings. The van der Waals surface area contributed by atoms with Gasteiger partial charge in [-0.15, -0.1) is 0 Å². The molecule has 4 nitrogen and oxygen atoms in total. The number of hydrogen-bond acceptors (Lipinski definition) is 3. The van der Waals surface area contributed by atoms with Gasteiger partial charge in [0.15, 0.2) is 0 Å². The summed E-state index contributed by atoms with van der Waals surface area (Å²) in [6, 6.07) is 3.78. The molecule has 1 amide bonds. The van der Waals surface area contributed by atoms with Crippen molar-refractivity contribution in [3.05, 3.63) is 24.0 Å². The van der Waals surface area contributed by atoms with Crippen molar-refractivity contribution in [3.8, 4) is 0 Å². The minimum Gasteiger partial charge on any atom is -0.385 e. The summed E-state index contributed by atoms with van der Waals surface area (Å²) in [6.07, 6.45) is 5.69. The minimum absolute atomic E-state index is 0.0100. The van der Waals surface area contributed by atoms with Crippen molar-refractivity contribution >= 4 is 11.6 Å². The number of anilines is 1. The van der Waals surface area contributed by atoms with E-state index in [1.807, 2.05) is 26.0 Å². The van der Waals surface area contributed by atoms with Crippen LogP contribution in [0.1, 0.15) is 43.6 Å². The second kappa shape index (κ2) is 6.55. The van der Waals surface area contributed by atoms with E-state index in [1.165, 1.54) is 19.3 Å². The quantitative estimate of drug-likeness (QED) is 0.821. The van der Waals surface area contributed by atoms with E-state index in [-0.39, 0.29) is 5.91 Å². The summed E-state index contributed by atoms with van der Waals surface area (Å²) in [6.45, 7) is 6.39. The highest BCUT2D eigenvalue weighted by atomic mass is 16.2. The number of nitrogens with zero attached hydrogens (tertiary/aromatic N) is 2. The Morgan fingerprint density at radius 2 is 2.16 bits per heavy atom. The van der Waals surface area contributed by atoms with Crippen LogP contribution in [0.3, 0.4) is 0 Å². The topological polar surface area (TPSA) is 45.2 Å². The highest BCUT2D eigenvalue weighted by Crippen LogP contribution is 2.32. The standard InChI is InChI=1S/C15H23N3O/c1-3-18(4-2)15(19)14-11-13(8-10-17-14)16-9-7-12-5-6-12/h8,10-12H,3-7,9H2,1-2H3,(H,16,17). The average Bonchev–Trinajstić information content (AvgIpc) is 3.24. The van der Waals surface area contributed by atoms with Crippen LogP contribution in [-0.2, 0) is 0 Å². The van der Waals surface area contributed by atoms with Crippen LogP contribution in [0.4, 0.5) is 5.69 Å². The van der Waals surface area contributed by atoms with Crippen molar-refractivity contribution in [2.24, 2.45) is 5.92 Å². The molecule has 0 spiro atoms. The van der Waals surface area contributed by atoms with E-state index in [2.05, 4.69) is 10.3 Å². The van der Waals surface area contributed by atoms with Gasteiger partial charge in [-0.05, 0) is 38.3 Å². The molecular formula is C15H23N3O. The van der Waals surface area contributed by atoms with Crippen LogP contribution in [0, 0.1) is 5.92 Å². The Hall–Kier alpha value is -1.58. The molecule has 1 aliphatic carbocycles. The summed E-state index contributed by atoms with van der Waals surface area (Å²) in [5.74, 6) is 0.932. The molecule has 0 unspecified atom stereocenters. The van der Waals surface area contributed by atoms with Gasteiger partial charge >= 0.3 is 0 Å². The second-order valence-electron chi connectivity index (χ2n) is 5.07. The maximum Gasteiger partial charge on any atom is 0.272 e. The first-order chi connectivity index (χ1) is 9.24. The average molecular weight is 261 g/mol. The molecule has 104 valence electrons. The van der Waals surface area contributed by atoms with Gasteiger partial charge in [0.05, 0.1) is 0 Å². The molecule has 2 rings (SSSR count). The van der Waals surface area contributed by atoms with E-state index in [1.54, 1.807) is 11.1 Å². The lowest BCUT2D eigenvalue weighted by Crippen LogP contribution is -2.31. The predicted molar refractivity (Wildman–Crippen MR) is 77.3 cm³/mol. The molecule has 1 aromatic heterocycles. The summed E-state index contributed by atoms with van der Waals surface area (Å²) < 4.78 is 0. The Labute approximate surface area is 115 Å². The van der Waals surface area contributed by atoms with Gasteiger partial charge in [0.25, 0.3) is 5.91 Å². The van der Waals surface area contributed by atoms with E-state index in [9.17, 15) is 4.79 Å². The van der Waals surface area contributed by atoms with Gasteiger partial charge in [-0.3, -0.25) is 9.78 Å². The number of carbonyl (C=O) groups excluding carboxylic acids is 1. The third kappa shape index (κ3) is 3.94. The van der Waals surface area contributed by atoms with Crippen LogP contribution in [0.15, 0.2) is 18.3 Å². The third-order valence-corrected chi connectivity index (χ3v) is 3.61. The van der Waals surface area contributed by atoms with Gasteiger partial charge in [-0.2, -0.15) is 0 Å². The van der Waals surface area contributed by atoms with Gasteiger partial charge in [-0.1, -0.05) is 12.8 Å². The zero-order valence-corrected chi connectivity index (χ0v) is 11.9. The van der Waals surface area contributed by atoms with Crippen LogP contribution in [0.5, 0.6) is 0 Å². The van der Waals surface area contributed by atoms with Gasteiger partial charge < -0.3 is 10.2 Å². The van der Waals surface area contributed by atoms with Crippen molar-refractivity contribution in [3.63, 3.8) is 0 Å². The molecule has 1 N–H and O–H groups in total. The van der Waals surface area contributed by atoms with Gasteiger partial charge in [-0.25, -0.2) is 0 Å². The summed E-state index contributed by atoms with van der Waals surface area (Å²) in [5.41, 5.74) is 1.52.